The van der Waals surface area contributed by atoms with E-state index in [1.54, 1.807) is 0 Å². The van der Waals surface area contributed by atoms with Crippen molar-refractivity contribution in [2.45, 2.75) is 13.1 Å². The molecule has 3 heteroatoms. The summed E-state index contributed by atoms with van der Waals surface area (Å²) in [5, 5.41) is 0. The van der Waals surface area contributed by atoms with Gasteiger partial charge in [-0.05, 0) is 11.1 Å². The van der Waals surface area contributed by atoms with Crippen molar-refractivity contribution in [1.82, 2.24) is 4.90 Å². The molecule has 0 aliphatic carbocycles. The monoisotopic (exact) mass is 273 g/mol. The van der Waals surface area contributed by atoms with E-state index >= 15 is 0 Å². The summed E-state index contributed by atoms with van der Waals surface area (Å²) < 4.78 is 0.129. The molecule has 0 spiro atoms. The molecule has 0 N–H and O–H groups in total. The van der Waals surface area contributed by atoms with E-state index < -0.39 is 0 Å². The molecule has 1 aliphatic heterocycles. The number of carbonyl (C=O) groups excluding carboxylic acids is 1. The molecule has 0 saturated carbocycles. The fraction of sp³-hybridized carbons (Fsp3) is 0.222. The summed E-state index contributed by atoms with van der Waals surface area (Å²) in [4.78, 5) is 12.9. The molecule has 1 amide bonds. The highest BCUT2D eigenvalue weighted by Gasteiger charge is 2.20. The Morgan fingerprint density at radius 2 is 1.75 bits per heavy atom. The SMILES string of the molecule is O=C(I)N1Cc2ccccc2C1. The van der Waals surface area contributed by atoms with Gasteiger partial charge in [0.1, 0.15) is 0 Å². The number of rotatable bonds is 0. The van der Waals surface area contributed by atoms with Crippen LogP contribution in [0.5, 0.6) is 0 Å². The largest absolute Gasteiger partial charge is 0.325 e. The lowest BCUT2D eigenvalue weighted by molar-refractivity contribution is 0.227. The Hall–Kier alpha value is -0.580. The highest BCUT2D eigenvalue weighted by molar-refractivity contribution is 14.1. The Bertz CT molecular complexity index is 299. The lowest BCUT2D eigenvalue weighted by Crippen LogP contribution is -2.17. The Morgan fingerprint density at radius 1 is 1.25 bits per heavy atom. The number of halogens is 1. The third-order valence-corrected chi connectivity index (χ3v) is 2.77. The molecule has 1 aromatic rings. The smallest absolute Gasteiger partial charge is 0.283 e. The van der Waals surface area contributed by atoms with Crippen molar-refractivity contribution in [3.8, 4) is 0 Å². The van der Waals surface area contributed by atoms with Crippen LogP contribution in [-0.4, -0.2) is 8.81 Å². The Kier molecular flexibility index (Phi) is 2.04. The number of benzene rings is 1. The zero-order valence-electron chi connectivity index (χ0n) is 6.46. The fourth-order valence-corrected chi connectivity index (χ4v) is 1.80. The van der Waals surface area contributed by atoms with Crippen LogP contribution in [0, 0.1) is 0 Å². The van der Waals surface area contributed by atoms with Crippen LogP contribution < -0.4 is 0 Å². The van der Waals surface area contributed by atoms with E-state index in [0.29, 0.717) is 0 Å². The molecule has 2 rings (SSSR count). The van der Waals surface area contributed by atoms with Crippen LogP contribution in [0.25, 0.3) is 0 Å². The number of hydrogen-bond acceptors (Lipinski definition) is 1. The van der Waals surface area contributed by atoms with Crippen LogP contribution in [0.1, 0.15) is 11.1 Å². The second-order valence-electron chi connectivity index (χ2n) is 2.88. The lowest BCUT2D eigenvalue weighted by Gasteiger charge is -2.09. The van der Waals surface area contributed by atoms with Gasteiger partial charge in [-0.3, -0.25) is 4.79 Å². The highest BCUT2D eigenvalue weighted by Crippen LogP contribution is 2.23. The first-order valence-corrected chi connectivity index (χ1v) is 4.86. The van der Waals surface area contributed by atoms with Crippen molar-refractivity contribution in [3.63, 3.8) is 0 Å². The number of nitrogens with zero attached hydrogens (tertiary/aromatic N) is 1. The predicted molar refractivity (Wildman–Crippen MR) is 55.1 cm³/mol. The van der Waals surface area contributed by atoms with E-state index in [2.05, 4.69) is 12.1 Å². The molecule has 1 aromatic carbocycles. The molecule has 0 aromatic heterocycles. The van der Waals surface area contributed by atoms with Crippen molar-refractivity contribution in [3.05, 3.63) is 35.4 Å². The van der Waals surface area contributed by atoms with Crippen LogP contribution in [0.4, 0.5) is 4.79 Å². The zero-order chi connectivity index (χ0) is 8.55. The summed E-state index contributed by atoms with van der Waals surface area (Å²) in [6.45, 7) is 1.55. The average Bonchev–Trinajstić information content (AvgIpc) is 2.46. The van der Waals surface area contributed by atoms with Crippen molar-refractivity contribution in [2.24, 2.45) is 0 Å². The van der Waals surface area contributed by atoms with E-state index in [1.807, 2.05) is 39.6 Å². The first-order chi connectivity index (χ1) is 5.77. The fourth-order valence-electron chi connectivity index (χ4n) is 1.46. The van der Waals surface area contributed by atoms with Crippen LogP contribution in [-0.2, 0) is 13.1 Å². The molecule has 2 nitrogen and oxygen atoms in total. The van der Waals surface area contributed by atoms with Gasteiger partial charge in [0.15, 0.2) is 0 Å². The van der Waals surface area contributed by atoms with E-state index in [1.165, 1.54) is 11.1 Å². The van der Waals surface area contributed by atoms with Crippen LogP contribution in [0.15, 0.2) is 24.3 Å². The standard InChI is InChI=1S/C9H8INO/c10-9(12)11-5-7-3-1-2-4-8(7)6-11/h1-4H,5-6H2. The molecule has 0 bridgehead atoms. The Morgan fingerprint density at radius 3 is 2.17 bits per heavy atom. The molecule has 0 radical (unpaired) electrons. The molecule has 12 heavy (non-hydrogen) atoms. The summed E-state index contributed by atoms with van der Waals surface area (Å²) in [5.74, 6) is 0. The number of carbonyl (C=O) groups is 1. The topological polar surface area (TPSA) is 20.3 Å². The summed E-state index contributed by atoms with van der Waals surface area (Å²) in [5.41, 5.74) is 2.56. The Balaban J connectivity index is 2.27. The third-order valence-electron chi connectivity index (χ3n) is 2.09. The number of hydrogen-bond donors (Lipinski definition) is 0. The second kappa shape index (κ2) is 3.05. The molecule has 0 fully saturated rings. The predicted octanol–water partition coefficient (Wildman–Crippen LogP) is 2.56. The van der Waals surface area contributed by atoms with Crippen molar-refractivity contribution >= 4 is 26.5 Å². The van der Waals surface area contributed by atoms with Gasteiger partial charge in [-0.2, -0.15) is 0 Å². The van der Waals surface area contributed by atoms with Gasteiger partial charge < -0.3 is 4.90 Å². The summed E-state index contributed by atoms with van der Waals surface area (Å²) in [6, 6.07) is 8.18. The zero-order valence-corrected chi connectivity index (χ0v) is 8.61. The van der Waals surface area contributed by atoms with Gasteiger partial charge >= 0.3 is 0 Å². The van der Waals surface area contributed by atoms with Gasteiger partial charge in [-0.25, -0.2) is 0 Å². The first kappa shape index (κ1) is 8.04. The number of amides is 1. The third kappa shape index (κ3) is 1.33. The van der Waals surface area contributed by atoms with Gasteiger partial charge in [0.25, 0.3) is 3.91 Å². The van der Waals surface area contributed by atoms with Crippen LogP contribution in [0.2, 0.25) is 0 Å². The molecular weight excluding hydrogens is 265 g/mol. The highest BCUT2D eigenvalue weighted by atomic mass is 127. The van der Waals surface area contributed by atoms with Crippen LogP contribution >= 0.6 is 22.6 Å². The maximum absolute atomic E-state index is 11.0. The molecule has 1 aliphatic rings. The number of fused-ring (bicyclic) bond motifs is 1. The summed E-state index contributed by atoms with van der Waals surface area (Å²) in [7, 11) is 0. The van der Waals surface area contributed by atoms with Crippen molar-refractivity contribution in [1.29, 1.82) is 0 Å². The van der Waals surface area contributed by atoms with Gasteiger partial charge in [0.2, 0.25) is 0 Å². The van der Waals surface area contributed by atoms with Gasteiger partial charge in [-0.1, -0.05) is 24.3 Å². The maximum atomic E-state index is 11.0. The minimum atomic E-state index is 0.129. The van der Waals surface area contributed by atoms with Crippen LogP contribution in [0.3, 0.4) is 0 Å². The molecule has 0 saturated heterocycles. The normalized spacial score (nSPS) is 14.6. The molecule has 0 atom stereocenters. The van der Waals surface area contributed by atoms with E-state index in [9.17, 15) is 4.79 Å². The molecule has 0 unspecified atom stereocenters. The van der Waals surface area contributed by atoms with Crippen molar-refractivity contribution < 1.29 is 4.79 Å². The molecule has 1 heterocycles. The summed E-state index contributed by atoms with van der Waals surface area (Å²) >= 11 is 1.83. The van der Waals surface area contributed by atoms with Gasteiger partial charge in [0, 0.05) is 35.7 Å². The average molecular weight is 273 g/mol. The van der Waals surface area contributed by atoms with E-state index in [4.69, 9.17) is 0 Å². The second-order valence-corrected chi connectivity index (χ2v) is 3.80. The minimum Gasteiger partial charge on any atom is -0.325 e. The minimum absolute atomic E-state index is 0.129. The van der Waals surface area contributed by atoms with Gasteiger partial charge in [0.05, 0.1) is 0 Å². The first-order valence-electron chi connectivity index (χ1n) is 3.78. The quantitative estimate of drug-likeness (QED) is 0.404. The van der Waals surface area contributed by atoms with Gasteiger partial charge in [-0.15, -0.1) is 0 Å². The van der Waals surface area contributed by atoms with E-state index in [-0.39, 0.29) is 3.91 Å². The molecular formula is C9H8INO. The maximum Gasteiger partial charge on any atom is 0.283 e. The molecule has 62 valence electrons. The Labute approximate surface area is 84.7 Å². The summed E-state index contributed by atoms with van der Waals surface area (Å²) in [6.07, 6.45) is 0. The lowest BCUT2D eigenvalue weighted by atomic mass is 10.1. The van der Waals surface area contributed by atoms with Crippen molar-refractivity contribution in [2.75, 3.05) is 0 Å². The van der Waals surface area contributed by atoms with E-state index in [0.717, 1.165) is 13.1 Å².